The third-order valence-corrected chi connectivity index (χ3v) is 3.39. The molecule has 1 rings (SSSR count). The SMILES string of the molecule is CC(C)CC(Cl)CNCc1ccc(I)cc1. The monoisotopic (exact) mass is 351 g/mol. The molecule has 0 fully saturated rings. The van der Waals surface area contributed by atoms with E-state index in [1.54, 1.807) is 0 Å². The van der Waals surface area contributed by atoms with Gasteiger partial charge in [-0.05, 0) is 52.6 Å². The highest BCUT2D eigenvalue weighted by Gasteiger charge is 2.06. The van der Waals surface area contributed by atoms with E-state index in [0.717, 1.165) is 19.5 Å². The van der Waals surface area contributed by atoms with Gasteiger partial charge in [-0.15, -0.1) is 11.6 Å². The van der Waals surface area contributed by atoms with Crippen LogP contribution in [-0.2, 0) is 6.54 Å². The number of rotatable bonds is 6. The summed E-state index contributed by atoms with van der Waals surface area (Å²) < 4.78 is 1.27. The Labute approximate surface area is 117 Å². The Morgan fingerprint density at radius 3 is 2.44 bits per heavy atom. The first-order valence-corrected chi connectivity index (χ1v) is 7.18. The molecule has 1 nitrogen and oxygen atoms in total. The Kier molecular flexibility index (Phi) is 6.70. The van der Waals surface area contributed by atoms with Crippen molar-refractivity contribution in [2.24, 2.45) is 5.92 Å². The summed E-state index contributed by atoms with van der Waals surface area (Å²) in [6.07, 6.45) is 1.07. The molecular weight excluding hydrogens is 333 g/mol. The Bertz CT molecular complexity index is 297. The van der Waals surface area contributed by atoms with E-state index in [0.29, 0.717) is 5.92 Å². The topological polar surface area (TPSA) is 12.0 Å². The fourth-order valence-corrected chi connectivity index (χ4v) is 2.40. The molecular formula is C13H19ClIN. The van der Waals surface area contributed by atoms with Crippen molar-refractivity contribution in [3.63, 3.8) is 0 Å². The van der Waals surface area contributed by atoms with E-state index in [1.165, 1.54) is 9.13 Å². The minimum absolute atomic E-state index is 0.240. The van der Waals surface area contributed by atoms with Gasteiger partial charge in [0.2, 0.25) is 0 Å². The minimum Gasteiger partial charge on any atom is -0.311 e. The molecule has 1 aromatic carbocycles. The van der Waals surface area contributed by atoms with Gasteiger partial charge in [-0.2, -0.15) is 0 Å². The zero-order chi connectivity index (χ0) is 12.0. The molecule has 0 aliphatic carbocycles. The predicted octanol–water partition coefficient (Wildman–Crippen LogP) is 4.03. The molecule has 1 N–H and O–H groups in total. The molecule has 1 unspecified atom stereocenters. The summed E-state index contributed by atoms with van der Waals surface area (Å²) in [6, 6.07) is 8.56. The van der Waals surface area contributed by atoms with Gasteiger partial charge in [0.05, 0.1) is 0 Å². The molecule has 0 spiro atoms. The lowest BCUT2D eigenvalue weighted by atomic mass is 10.1. The van der Waals surface area contributed by atoms with Crippen LogP contribution in [0.4, 0.5) is 0 Å². The van der Waals surface area contributed by atoms with Crippen LogP contribution in [-0.4, -0.2) is 11.9 Å². The number of hydrogen-bond acceptors (Lipinski definition) is 1. The summed E-state index contributed by atoms with van der Waals surface area (Å²) in [4.78, 5) is 0. The average molecular weight is 352 g/mol. The van der Waals surface area contributed by atoms with Crippen LogP contribution < -0.4 is 5.32 Å². The fourth-order valence-electron chi connectivity index (χ4n) is 1.57. The van der Waals surface area contributed by atoms with Crippen molar-refractivity contribution in [2.45, 2.75) is 32.2 Å². The largest absolute Gasteiger partial charge is 0.311 e. The Balaban J connectivity index is 2.22. The van der Waals surface area contributed by atoms with Gasteiger partial charge >= 0.3 is 0 Å². The van der Waals surface area contributed by atoms with Crippen LogP contribution in [0.3, 0.4) is 0 Å². The summed E-state index contributed by atoms with van der Waals surface area (Å²) >= 11 is 8.52. The Morgan fingerprint density at radius 2 is 1.88 bits per heavy atom. The molecule has 0 aliphatic rings. The summed E-state index contributed by atoms with van der Waals surface area (Å²) in [6.45, 7) is 6.19. The van der Waals surface area contributed by atoms with Crippen LogP contribution in [0.2, 0.25) is 0 Å². The number of nitrogens with one attached hydrogen (secondary N) is 1. The summed E-state index contributed by atoms with van der Waals surface area (Å²) in [5, 5.41) is 3.63. The highest BCUT2D eigenvalue weighted by Crippen LogP contribution is 2.10. The molecule has 0 heterocycles. The third-order valence-electron chi connectivity index (χ3n) is 2.34. The van der Waals surface area contributed by atoms with E-state index in [1.807, 2.05) is 0 Å². The van der Waals surface area contributed by atoms with Gasteiger partial charge in [0.15, 0.2) is 0 Å². The van der Waals surface area contributed by atoms with E-state index in [2.05, 4.69) is 66.0 Å². The van der Waals surface area contributed by atoms with Crippen LogP contribution in [0.1, 0.15) is 25.8 Å². The van der Waals surface area contributed by atoms with Gasteiger partial charge in [0.25, 0.3) is 0 Å². The van der Waals surface area contributed by atoms with E-state index < -0.39 is 0 Å². The van der Waals surface area contributed by atoms with Gasteiger partial charge in [-0.3, -0.25) is 0 Å². The quantitative estimate of drug-likeness (QED) is 0.602. The lowest BCUT2D eigenvalue weighted by Crippen LogP contribution is -2.23. The summed E-state index contributed by atoms with van der Waals surface area (Å²) in [5.74, 6) is 0.669. The van der Waals surface area contributed by atoms with Crippen molar-refractivity contribution in [3.05, 3.63) is 33.4 Å². The molecule has 0 bridgehead atoms. The second kappa shape index (κ2) is 7.51. The number of hydrogen-bond donors (Lipinski definition) is 1. The van der Waals surface area contributed by atoms with Crippen LogP contribution in [0, 0.1) is 9.49 Å². The molecule has 16 heavy (non-hydrogen) atoms. The Hall–Kier alpha value is 0.200. The molecule has 1 atom stereocenters. The lowest BCUT2D eigenvalue weighted by Gasteiger charge is -2.12. The zero-order valence-corrected chi connectivity index (χ0v) is 12.8. The molecule has 3 heteroatoms. The minimum atomic E-state index is 0.240. The van der Waals surface area contributed by atoms with Crippen molar-refractivity contribution in [1.29, 1.82) is 0 Å². The molecule has 1 aromatic rings. The van der Waals surface area contributed by atoms with Gasteiger partial charge in [-0.25, -0.2) is 0 Å². The van der Waals surface area contributed by atoms with Gasteiger partial charge in [0.1, 0.15) is 0 Å². The highest BCUT2D eigenvalue weighted by atomic mass is 127. The van der Waals surface area contributed by atoms with Crippen LogP contribution >= 0.6 is 34.2 Å². The van der Waals surface area contributed by atoms with Crippen molar-refractivity contribution in [3.8, 4) is 0 Å². The molecule has 0 saturated carbocycles. The maximum absolute atomic E-state index is 6.20. The number of halogens is 2. The maximum Gasteiger partial charge on any atom is 0.0463 e. The first-order chi connectivity index (χ1) is 7.58. The van der Waals surface area contributed by atoms with Crippen LogP contribution in [0.15, 0.2) is 24.3 Å². The van der Waals surface area contributed by atoms with Crippen molar-refractivity contribution in [2.75, 3.05) is 6.54 Å². The van der Waals surface area contributed by atoms with E-state index in [9.17, 15) is 0 Å². The molecule has 0 amide bonds. The van der Waals surface area contributed by atoms with Crippen molar-refractivity contribution in [1.82, 2.24) is 5.32 Å². The van der Waals surface area contributed by atoms with E-state index in [-0.39, 0.29) is 5.38 Å². The maximum atomic E-state index is 6.20. The average Bonchev–Trinajstić information content (AvgIpc) is 2.20. The standard InChI is InChI=1S/C13H19ClIN/c1-10(2)7-12(14)9-16-8-11-3-5-13(15)6-4-11/h3-6,10,12,16H,7-9H2,1-2H3. The van der Waals surface area contributed by atoms with Gasteiger partial charge in [0, 0.05) is 22.0 Å². The third kappa shape index (κ3) is 6.06. The second-order valence-corrected chi connectivity index (χ2v) is 6.35. The molecule has 0 radical (unpaired) electrons. The predicted molar refractivity (Wildman–Crippen MR) is 80.0 cm³/mol. The lowest BCUT2D eigenvalue weighted by molar-refractivity contribution is 0.533. The summed E-state index contributed by atoms with van der Waals surface area (Å²) in [7, 11) is 0. The Morgan fingerprint density at radius 1 is 1.25 bits per heavy atom. The van der Waals surface area contributed by atoms with Crippen molar-refractivity contribution >= 4 is 34.2 Å². The first kappa shape index (κ1) is 14.3. The van der Waals surface area contributed by atoms with Crippen molar-refractivity contribution < 1.29 is 0 Å². The molecule has 0 aliphatic heterocycles. The second-order valence-electron chi connectivity index (χ2n) is 4.48. The molecule has 90 valence electrons. The fraction of sp³-hybridized carbons (Fsp3) is 0.538. The van der Waals surface area contributed by atoms with E-state index in [4.69, 9.17) is 11.6 Å². The number of alkyl halides is 1. The number of benzene rings is 1. The van der Waals surface area contributed by atoms with Crippen LogP contribution in [0.25, 0.3) is 0 Å². The normalized spacial score (nSPS) is 13.1. The van der Waals surface area contributed by atoms with E-state index >= 15 is 0 Å². The highest BCUT2D eigenvalue weighted by molar-refractivity contribution is 14.1. The first-order valence-electron chi connectivity index (χ1n) is 5.67. The molecule has 0 aromatic heterocycles. The van der Waals surface area contributed by atoms with Gasteiger partial charge < -0.3 is 5.32 Å². The molecule has 0 saturated heterocycles. The summed E-state index contributed by atoms with van der Waals surface area (Å²) in [5.41, 5.74) is 1.31. The smallest absolute Gasteiger partial charge is 0.0463 e. The zero-order valence-electron chi connectivity index (χ0n) is 9.84. The van der Waals surface area contributed by atoms with Crippen LogP contribution in [0.5, 0.6) is 0 Å². The van der Waals surface area contributed by atoms with Gasteiger partial charge in [-0.1, -0.05) is 26.0 Å².